The van der Waals surface area contributed by atoms with Gasteiger partial charge in [0.25, 0.3) is 0 Å². The quantitative estimate of drug-likeness (QED) is 0.541. The fourth-order valence-corrected chi connectivity index (χ4v) is 1.75. The van der Waals surface area contributed by atoms with E-state index >= 15 is 0 Å². The molecule has 0 unspecified atom stereocenters. The SMILES string of the molecule is C#CCNCC(=O)NCc1cc(OC)c(OC)c(OC)c1. The number of hydrogen-bond donors (Lipinski definition) is 2. The summed E-state index contributed by atoms with van der Waals surface area (Å²) in [5.41, 5.74) is 0.842. The van der Waals surface area contributed by atoms with Gasteiger partial charge in [0.15, 0.2) is 11.5 Å². The minimum atomic E-state index is -0.140. The summed E-state index contributed by atoms with van der Waals surface area (Å²) >= 11 is 0. The molecule has 0 spiro atoms. The van der Waals surface area contributed by atoms with E-state index in [-0.39, 0.29) is 12.5 Å². The first kappa shape index (κ1) is 16.7. The van der Waals surface area contributed by atoms with E-state index in [0.717, 1.165) is 5.56 Å². The summed E-state index contributed by atoms with van der Waals surface area (Å²) in [6.07, 6.45) is 5.09. The summed E-state index contributed by atoms with van der Waals surface area (Å²) in [5, 5.41) is 5.59. The lowest BCUT2D eigenvalue weighted by Crippen LogP contribution is -2.33. The summed E-state index contributed by atoms with van der Waals surface area (Å²) in [5.74, 6) is 3.88. The van der Waals surface area contributed by atoms with Crippen molar-refractivity contribution in [1.82, 2.24) is 10.6 Å². The Labute approximate surface area is 124 Å². The number of carbonyl (C=O) groups is 1. The molecule has 0 heterocycles. The van der Waals surface area contributed by atoms with E-state index in [0.29, 0.717) is 30.3 Å². The minimum Gasteiger partial charge on any atom is -0.493 e. The second kappa shape index (κ2) is 8.72. The molecule has 1 amide bonds. The van der Waals surface area contributed by atoms with E-state index in [4.69, 9.17) is 20.6 Å². The van der Waals surface area contributed by atoms with Gasteiger partial charge >= 0.3 is 0 Å². The number of nitrogens with one attached hydrogen (secondary N) is 2. The zero-order valence-electron chi connectivity index (χ0n) is 12.5. The topological polar surface area (TPSA) is 68.8 Å². The Balaban J connectivity index is 2.71. The van der Waals surface area contributed by atoms with Gasteiger partial charge in [-0.1, -0.05) is 5.92 Å². The van der Waals surface area contributed by atoms with Crippen LogP contribution in [0.2, 0.25) is 0 Å². The zero-order valence-corrected chi connectivity index (χ0v) is 12.5. The molecule has 1 aromatic carbocycles. The average Bonchev–Trinajstić information content (AvgIpc) is 2.51. The molecule has 6 heteroatoms. The maximum Gasteiger partial charge on any atom is 0.234 e. The third-order valence-electron chi connectivity index (χ3n) is 2.73. The fourth-order valence-electron chi connectivity index (χ4n) is 1.75. The van der Waals surface area contributed by atoms with Gasteiger partial charge in [0.1, 0.15) is 0 Å². The number of ether oxygens (including phenoxy) is 3. The summed E-state index contributed by atoms with van der Waals surface area (Å²) in [4.78, 5) is 11.6. The Morgan fingerprint density at radius 2 is 1.81 bits per heavy atom. The number of carbonyl (C=O) groups excluding carboxylic acids is 1. The molecule has 2 N–H and O–H groups in total. The van der Waals surface area contributed by atoms with Crippen LogP contribution in [0.5, 0.6) is 17.2 Å². The average molecular weight is 292 g/mol. The van der Waals surface area contributed by atoms with Crippen molar-refractivity contribution in [2.45, 2.75) is 6.54 Å². The van der Waals surface area contributed by atoms with Gasteiger partial charge in [-0.2, -0.15) is 0 Å². The number of benzene rings is 1. The largest absolute Gasteiger partial charge is 0.493 e. The molecule has 114 valence electrons. The highest BCUT2D eigenvalue weighted by atomic mass is 16.5. The molecule has 0 aliphatic carbocycles. The first-order valence-corrected chi connectivity index (χ1v) is 6.36. The smallest absolute Gasteiger partial charge is 0.234 e. The highest BCUT2D eigenvalue weighted by Gasteiger charge is 2.13. The molecule has 21 heavy (non-hydrogen) atoms. The van der Waals surface area contributed by atoms with Gasteiger partial charge in [0.2, 0.25) is 11.7 Å². The molecule has 0 aromatic heterocycles. The van der Waals surface area contributed by atoms with Crippen molar-refractivity contribution in [2.75, 3.05) is 34.4 Å². The normalized spacial score (nSPS) is 9.62. The zero-order chi connectivity index (χ0) is 15.7. The van der Waals surface area contributed by atoms with Crippen LogP contribution >= 0.6 is 0 Å². The lowest BCUT2D eigenvalue weighted by Gasteiger charge is -2.14. The van der Waals surface area contributed by atoms with E-state index in [2.05, 4.69) is 16.6 Å². The van der Waals surface area contributed by atoms with Crippen LogP contribution < -0.4 is 24.8 Å². The Kier molecular flexibility index (Phi) is 6.92. The molecular formula is C15H20N2O4. The third-order valence-corrected chi connectivity index (χ3v) is 2.73. The van der Waals surface area contributed by atoms with Gasteiger partial charge in [-0.05, 0) is 17.7 Å². The van der Waals surface area contributed by atoms with Gasteiger partial charge in [-0.25, -0.2) is 0 Å². The molecular weight excluding hydrogens is 272 g/mol. The Bertz CT molecular complexity index is 498. The standard InChI is InChI=1S/C15H20N2O4/c1-5-6-16-10-14(18)17-9-11-7-12(19-2)15(21-4)13(8-11)20-3/h1,7-8,16H,6,9-10H2,2-4H3,(H,17,18). The summed E-state index contributed by atoms with van der Waals surface area (Å²) in [6, 6.07) is 3.58. The molecule has 6 nitrogen and oxygen atoms in total. The molecule has 0 aliphatic heterocycles. The molecule has 0 radical (unpaired) electrons. The molecule has 0 atom stereocenters. The van der Waals surface area contributed by atoms with Crippen LogP contribution in [0.15, 0.2) is 12.1 Å². The van der Waals surface area contributed by atoms with E-state index in [9.17, 15) is 4.79 Å². The number of hydrogen-bond acceptors (Lipinski definition) is 5. The summed E-state index contributed by atoms with van der Waals surface area (Å²) < 4.78 is 15.7. The second-order valence-corrected chi connectivity index (χ2v) is 4.12. The van der Waals surface area contributed by atoms with Crippen LogP contribution in [-0.2, 0) is 11.3 Å². The number of terminal acetylenes is 1. The fraction of sp³-hybridized carbons (Fsp3) is 0.400. The highest BCUT2D eigenvalue weighted by molar-refractivity contribution is 5.78. The number of amides is 1. The predicted molar refractivity (Wildman–Crippen MR) is 79.6 cm³/mol. The predicted octanol–water partition coefficient (Wildman–Crippen LogP) is 0.551. The molecule has 0 bridgehead atoms. The molecule has 0 aliphatic rings. The van der Waals surface area contributed by atoms with Gasteiger partial charge < -0.3 is 19.5 Å². The maximum atomic E-state index is 11.6. The van der Waals surface area contributed by atoms with Crippen molar-refractivity contribution in [2.24, 2.45) is 0 Å². The van der Waals surface area contributed by atoms with Crippen molar-refractivity contribution in [3.63, 3.8) is 0 Å². The van der Waals surface area contributed by atoms with Gasteiger partial charge in [-0.15, -0.1) is 6.42 Å². The van der Waals surface area contributed by atoms with Crippen LogP contribution in [-0.4, -0.2) is 40.3 Å². The number of rotatable bonds is 8. The van der Waals surface area contributed by atoms with Crippen LogP contribution in [0, 0.1) is 12.3 Å². The second-order valence-electron chi connectivity index (χ2n) is 4.12. The van der Waals surface area contributed by atoms with Crippen LogP contribution in [0.4, 0.5) is 0 Å². The first-order valence-electron chi connectivity index (χ1n) is 6.36. The van der Waals surface area contributed by atoms with Gasteiger partial charge in [-0.3, -0.25) is 10.1 Å². The highest BCUT2D eigenvalue weighted by Crippen LogP contribution is 2.38. The van der Waals surface area contributed by atoms with Crippen molar-refractivity contribution in [3.8, 4) is 29.6 Å². The van der Waals surface area contributed by atoms with E-state index in [1.807, 2.05) is 0 Å². The lowest BCUT2D eigenvalue weighted by molar-refractivity contribution is -0.120. The van der Waals surface area contributed by atoms with E-state index < -0.39 is 0 Å². The Morgan fingerprint density at radius 1 is 1.19 bits per heavy atom. The first-order chi connectivity index (χ1) is 10.2. The van der Waals surface area contributed by atoms with Crippen molar-refractivity contribution in [3.05, 3.63) is 17.7 Å². The van der Waals surface area contributed by atoms with Crippen molar-refractivity contribution >= 4 is 5.91 Å². The van der Waals surface area contributed by atoms with E-state index in [1.165, 1.54) is 0 Å². The van der Waals surface area contributed by atoms with Crippen LogP contribution in [0.3, 0.4) is 0 Å². The number of methoxy groups -OCH3 is 3. The van der Waals surface area contributed by atoms with Crippen LogP contribution in [0.1, 0.15) is 5.56 Å². The minimum absolute atomic E-state index is 0.140. The Hall–Kier alpha value is -2.39. The molecule has 1 aromatic rings. The van der Waals surface area contributed by atoms with E-state index in [1.54, 1.807) is 33.5 Å². The van der Waals surface area contributed by atoms with Gasteiger partial charge in [0.05, 0.1) is 34.4 Å². The Morgan fingerprint density at radius 3 is 2.29 bits per heavy atom. The summed E-state index contributed by atoms with van der Waals surface area (Å²) in [7, 11) is 4.63. The van der Waals surface area contributed by atoms with Crippen molar-refractivity contribution in [1.29, 1.82) is 0 Å². The molecule has 0 saturated carbocycles. The lowest BCUT2D eigenvalue weighted by atomic mass is 10.1. The summed E-state index contributed by atoms with van der Waals surface area (Å²) in [6.45, 7) is 0.888. The molecule has 0 saturated heterocycles. The molecule has 0 fully saturated rings. The maximum absolute atomic E-state index is 11.6. The van der Waals surface area contributed by atoms with Crippen LogP contribution in [0.25, 0.3) is 0 Å². The molecule has 1 rings (SSSR count). The third kappa shape index (κ3) is 4.89. The monoisotopic (exact) mass is 292 g/mol. The van der Waals surface area contributed by atoms with Crippen molar-refractivity contribution < 1.29 is 19.0 Å². The van der Waals surface area contributed by atoms with Gasteiger partial charge in [0, 0.05) is 6.54 Å².